The summed E-state index contributed by atoms with van der Waals surface area (Å²) in [5.74, 6) is -0.756. The molecule has 0 aliphatic carbocycles. The van der Waals surface area contributed by atoms with Gasteiger partial charge in [-0.25, -0.2) is 0 Å². The number of benzene rings is 1. The standard InChI is InChI=1S/C15H23NO2/c1-3-4-6-11-14(15(17)18)16-12(2)13-9-7-5-8-10-13/h5,7-10,12,14,16H,3-4,6,11H2,1-2H3,(H,17,18)/t12-,14-/m0/s1. The van der Waals surface area contributed by atoms with Crippen LogP contribution in [0.2, 0.25) is 0 Å². The summed E-state index contributed by atoms with van der Waals surface area (Å²) >= 11 is 0. The summed E-state index contributed by atoms with van der Waals surface area (Å²) in [5, 5.41) is 12.4. The van der Waals surface area contributed by atoms with Crippen LogP contribution in [0.3, 0.4) is 0 Å². The molecule has 0 aromatic heterocycles. The monoisotopic (exact) mass is 249 g/mol. The topological polar surface area (TPSA) is 49.3 Å². The smallest absolute Gasteiger partial charge is 0.320 e. The highest BCUT2D eigenvalue weighted by Crippen LogP contribution is 2.14. The average molecular weight is 249 g/mol. The van der Waals surface area contributed by atoms with Gasteiger partial charge in [0.15, 0.2) is 0 Å². The maximum Gasteiger partial charge on any atom is 0.320 e. The van der Waals surface area contributed by atoms with Gasteiger partial charge in [0.05, 0.1) is 0 Å². The number of hydrogen-bond acceptors (Lipinski definition) is 2. The Morgan fingerprint density at radius 3 is 2.50 bits per heavy atom. The van der Waals surface area contributed by atoms with E-state index in [2.05, 4.69) is 12.2 Å². The molecule has 3 nitrogen and oxygen atoms in total. The fraction of sp³-hybridized carbons (Fsp3) is 0.533. The lowest BCUT2D eigenvalue weighted by atomic mass is 10.0. The molecule has 3 heteroatoms. The predicted octanol–water partition coefficient (Wildman–Crippen LogP) is 3.37. The van der Waals surface area contributed by atoms with Crippen molar-refractivity contribution < 1.29 is 9.90 Å². The first-order chi connectivity index (χ1) is 8.65. The fourth-order valence-corrected chi connectivity index (χ4v) is 2.02. The summed E-state index contributed by atoms with van der Waals surface area (Å²) in [6.07, 6.45) is 3.86. The lowest BCUT2D eigenvalue weighted by Gasteiger charge is -2.20. The molecule has 0 fully saturated rings. The molecule has 18 heavy (non-hydrogen) atoms. The van der Waals surface area contributed by atoms with E-state index in [-0.39, 0.29) is 6.04 Å². The molecule has 0 saturated heterocycles. The Morgan fingerprint density at radius 2 is 1.94 bits per heavy atom. The lowest BCUT2D eigenvalue weighted by Crippen LogP contribution is -2.38. The summed E-state index contributed by atoms with van der Waals surface area (Å²) < 4.78 is 0. The molecule has 0 amide bonds. The summed E-state index contributed by atoms with van der Waals surface area (Å²) in [6.45, 7) is 4.13. The predicted molar refractivity (Wildman–Crippen MR) is 73.6 cm³/mol. The summed E-state index contributed by atoms with van der Waals surface area (Å²) in [7, 11) is 0. The number of carboxylic acid groups (broad SMARTS) is 1. The molecule has 1 aromatic carbocycles. The number of rotatable bonds is 8. The molecule has 0 aliphatic rings. The molecule has 0 radical (unpaired) electrons. The summed E-state index contributed by atoms with van der Waals surface area (Å²) in [5.41, 5.74) is 1.12. The van der Waals surface area contributed by atoms with Crippen LogP contribution in [0.15, 0.2) is 30.3 Å². The van der Waals surface area contributed by atoms with Gasteiger partial charge < -0.3 is 5.11 Å². The Kier molecular flexibility index (Phi) is 6.44. The van der Waals surface area contributed by atoms with Crippen LogP contribution in [-0.2, 0) is 4.79 Å². The van der Waals surface area contributed by atoms with Gasteiger partial charge in [0.2, 0.25) is 0 Å². The van der Waals surface area contributed by atoms with E-state index in [4.69, 9.17) is 0 Å². The van der Waals surface area contributed by atoms with Crippen molar-refractivity contribution >= 4 is 5.97 Å². The van der Waals surface area contributed by atoms with E-state index in [1.54, 1.807) is 0 Å². The third-order valence-corrected chi connectivity index (χ3v) is 3.15. The molecule has 2 atom stereocenters. The van der Waals surface area contributed by atoms with E-state index in [0.29, 0.717) is 6.42 Å². The first-order valence-electron chi connectivity index (χ1n) is 6.69. The Hall–Kier alpha value is -1.35. The molecule has 0 unspecified atom stereocenters. The molecule has 0 heterocycles. The quantitative estimate of drug-likeness (QED) is 0.694. The molecule has 0 aliphatic heterocycles. The van der Waals surface area contributed by atoms with Gasteiger partial charge in [0.1, 0.15) is 6.04 Å². The van der Waals surface area contributed by atoms with E-state index in [0.717, 1.165) is 24.8 Å². The van der Waals surface area contributed by atoms with Gasteiger partial charge in [-0.2, -0.15) is 0 Å². The van der Waals surface area contributed by atoms with Crippen molar-refractivity contribution in [2.24, 2.45) is 0 Å². The Bertz CT molecular complexity index is 351. The zero-order chi connectivity index (χ0) is 13.4. The van der Waals surface area contributed by atoms with Crippen molar-refractivity contribution in [3.63, 3.8) is 0 Å². The number of hydrogen-bond donors (Lipinski definition) is 2. The fourth-order valence-electron chi connectivity index (χ4n) is 2.02. The van der Waals surface area contributed by atoms with Crippen LogP contribution in [-0.4, -0.2) is 17.1 Å². The molecule has 0 bridgehead atoms. The average Bonchev–Trinajstić information content (AvgIpc) is 2.38. The molecule has 2 N–H and O–H groups in total. The van der Waals surface area contributed by atoms with Crippen LogP contribution < -0.4 is 5.32 Å². The van der Waals surface area contributed by atoms with Crippen LogP contribution in [0.1, 0.15) is 51.1 Å². The molecule has 1 aromatic rings. The highest BCUT2D eigenvalue weighted by molar-refractivity contribution is 5.73. The minimum absolute atomic E-state index is 0.0638. The zero-order valence-corrected chi connectivity index (χ0v) is 11.2. The van der Waals surface area contributed by atoms with E-state index >= 15 is 0 Å². The minimum Gasteiger partial charge on any atom is -0.480 e. The van der Waals surface area contributed by atoms with E-state index in [9.17, 15) is 9.90 Å². The highest BCUT2D eigenvalue weighted by atomic mass is 16.4. The summed E-state index contributed by atoms with van der Waals surface area (Å²) in [4.78, 5) is 11.2. The Morgan fingerprint density at radius 1 is 1.28 bits per heavy atom. The van der Waals surface area contributed by atoms with Gasteiger partial charge in [-0.05, 0) is 18.9 Å². The van der Waals surface area contributed by atoms with E-state index < -0.39 is 12.0 Å². The van der Waals surface area contributed by atoms with Crippen LogP contribution >= 0.6 is 0 Å². The van der Waals surface area contributed by atoms with E-state index in [1.807, 2.05) is 37.3 Å². The Labute approximate surface area is 109 Å². The number of unbranched alkanes of at least 4 members (excludes halogenated alkanes) is 2. The molecule has 100 valence electrons. The maximum absolute atomic E-state index is 11.2. The number of aliphatic carboxylic acids is 1. The largest absolute Gasteiger partial charge is 0.480 e. The van der Waals surface area contributed by atoms with Crippen LogP contribution in [0.25, 0.3) is 0 Å². The normalized spacial score (nSPS) is 14.1. The molecule has 0 spiro atoms. The lowest BCUT2D eigenvalue weighted by molar-refractivity contribution is -0.139. The van der Waals surface area contributed by atoms with Crippen LogP contribution in [0.5, 0.6) is 0 Å². The van der Waals surface area contributed by atoms with Crippen molar-refractivity contribution in [3.8, 4) is 0 Å². The van der Waals surface area contributed by atoms with Crippen molar-refractivity contribution in [1.29, 1.82) is 0 Å². The summed E-state index contributed by atoms with van der Waals surface area (Å²) in [6, 6.07) is 9.55. The molecular weight excluding hydrogens is 226 g/mol. The number of nitrogens with one attached hydrogen (secondary N) is 1. The van der Waals surface area contributed by atoms with Gasteiger partial charge >= 0.3 is 5.97 Å². The second-order valence-corrected chi connectivity index (χ2v) is 4.69. The van der Waals surface area contributed by atoms with Crippen molar-refractivity contribution in [3.05, 3.63) is 35.9 Å². The number of carbonyl (C=O) groups is 1. The third-order valence-electron chi connectivity index (χ3n) is 3.15. The van der Waals surface area contributed by atoms with Gasteiger partial charge in [0, 0.05) is 6.04 Å². The van der Waals surface area contributed by atoms with Crippen molar-refractivity contribution in [2.45, 2.75) is 51.6 Å². The number of carboxylic acids is 1. The molecule has 0 saturated carbocycles. The first-order valence-corrected chi connectivity index (χ1v) is 6.69. The van der Waals surface area contributed by atoms with Gasteiger partial charge in [0.25, 0.3) is 0 Å². The molecular formula is C15H23NO2. The SMILES string of the molecule is CCCCC[C@H](N[C@@H](C)c1ccccc1)C(=O)O. The van der Waals surface area contributed by atoms with Crippen molar-refractivity contribution in [1.82, 2.24) is 5.32 Å². The second kappa shape index (κ2) is 7.88. The first kappa shape index (κ1) is 14.7. The minimum atomic E-state index is -0.756. The second-order valence-electron chi connectivity index (χ2n) is 4.69. The Balaban J connectivity index is 2.52. The maximum atomic E-state index is 11.2. The van der Waals surface area contributed by atoms with Gasteiger partial charge in [-0.3, -0.25) is 10.1 Å². The van der Waals surface area contributed by atoms with Crippen molar-refractivity contribution in [2.75, 3.05) is 0 Å². The van der Waals surface area contributed by atoms with Crippen LogP contribution in [0.4, 0.5) is 0 Å². The zero-order valence-electron chi connectivity index (χ0n) is 11.2. The van der Waals surface area contributed by atoms with Gasteiger partial charge in [-0.1, -0.05) is 56.5 Å². The van der Waals surface area contributed by atoms with Gasteiger partial charge in [-0.15, -0.1) is 0 Å². The van der Waals surface area contributed by atoms with Crippen LogP contribution in [0, 0.1) is 0 Å². The highest BCUT2D eigenvalue weighted by Gasteiger charge is 2.19. The molecule has 1 rings (SSSR count). The third kappa shape index (κ3) is 4.88. The van der Waals surface area contributed by atoms with E-state index in [1.165, 1.54) is 0 Å².